The highest BCUT2D eigenvalue weighted by Gasteiger charge is 2.19. The molecule has 7 rings (SSSR count). The van der Waals surface area contributed by atoms with Crippen molar-refractivity contribution in [2.75, 3.05) is 48.3 Å². The van der Waals surface area contributed by atoms with Gasteiger partial charge in [-0.1, -0.05) is 48.9 Å². The van der Waals surface area contributed by atoms with Crippen molar-refractivity contribution in [1.29, 1.82) is 0 Å². The number of hydrogen-bond donors (Lipinski definition) is 2. The summed E-state index contributed by atoms with van der Waals surface area (Å²) in [6.45, 7) is 7.55. The predicted octanol–water partition coefficient (Wildman–Crippen LogP) is 7.25. The van der Waals surface area contributed by atoms with Gasteiger partial charge in [0.25, 0.3) is 5.91 Å². The summed E-state index contributed by atoms with van der Waals surface area (Å²) in [4.78, 5) is 32.3. The zero-order valence-electron chi connectivity index (χ0n) is 25.4. The van der Waals surface area contributed by atoms with E-state index in [0.717, 1.165) is 61.0 Å². The van der Waals surface area contributed by atoms with E-state index < -0.39 is 0 Å². The Morgan fingerprint density at radius 1 is 0.848 bits per heavy atom. The van der Waals surface area contributed by atoms with Crippen molar-refractivity contribution in [3.63, 3.8) is 0 Å². The molecule has 6 aromatic rings. The minimum Gasteiger partial charge on any atom is -0.369 e. The van der Waals surface area contributed by atoms with Gasteiger partial charge in [0.15, 0.2) is 0 Å². The van der Waals surface area contributed by atoms with Crippen LogP contribution in [0.2, 0.25) is 5.02 Å². The highest BCUT2D eigenvalue weighted by atomic mass is 35.5. The van der Waals surface area contributed by atoms with Crippen molar-refractivity contribution in [2.45, 2.75) is 6.92 Å². The van der Waals surface area contributed by atoms with Crippen LogP contribution in [0.5, 0.6) is 0 Å². The molecule has 0 atom stereocenters. The van der Waals surface area contributed by atoms with Crippen LogP contribution in [0, 0.1) is 0 Å². The molecule has 46 heavy (non-hydrogen) atoms. The summed E-state index contributed by atoms with van der Waals surface area (Å²) in [5, 5.41) is 6.74. The number of nitrogens with one attached hydrogen (secondary N) is 2. The summed E-state index contributed by atoms with van der Waals surface area (Å²) in [6, 6.07) is 30.8. The number of nitrogens with zero attached hydrogens (tertiary/aromatic N) is 6. The number of hydrogen-bond acceptors (Lipinski definition) is 7. The van der Waals surface area contributed by atoms with Crippen molar-refractivity contribution in [1.82, 2.24) is 24.3 Å². The first-order valence-corrected chi connectivity index (χ1v) is 15.7. The first-order valence-electron chi connectivity index (χ1n) is 15.4. The molecule has 230 valence electrons. The van der Waals surface area contributed by atoms with E-state index in [4.69, 9.17) is 21.6 Å². The molecule has 10 heteroatoms. The number of rotatable bonds is 8. The van der Waals surface area contributed by atoms with Crippen LogP contribution >= 0.6 is 11.6 Å². The van der Waals surface area contributed by atoms with Crippen molar-refractivity contribution in [2.24, 2.45) is 0 Å². The van der Waals surface area contributed by atoms with Crippen LogP contribution in [0.25, 0.3) is 28.3 Å². The minimum absolute atomic E-state index is 0.281. The Morgan fingerprint density at radius 3 is 2.46 bits per heavy atom. The highest BCUT2D eigenvalue weighted by Crippen LogP contribution is 2.34. The van der Waals surface area contributed by atoms with Gasteiger partial charge in [0, 0.05) is 61.2 Å². The van der Waals surface area contributed by atoms with Gasteiger partial charge in [0.1, 0.15) is 5.65 Å². The average molecular weight is 629 g/mol. The van der Waals surface area contributed by atoms with Crippen LogP contribution in [-0.2, 0) is 0 Å². The summed E-state index contributed by atoms with van der Waals surface area (Å²) >= 11 is 6.26. The molecule has 3 aromatic heterocycles. The highest BCUT2D eigenvalue weighted by molar-refractivity contribution is 6.34. The third-order valence-corrected chi connectivity index (χ3v) is 8.58. The Bertz CT molecular complexity index is 2000. The van der Waals surface area contributed by atoms with Crippen LogP contribution in [0.15, 0.2) is 109 Å². The standard InChI is InChI=1S/C36H33ClN8O/c1-2-43-20-22-44(23-21-43)28-15-13-26(14-16-28)40-36-38-18-17-31(41-36)34-33(42-32-12-5-6-19-45(32)34)25-8-7-9-27(24-25)39-35(46)29-10-3-4-11-30(29)37/h3-19,24H,2,20-23H2,1H3,(H,39,46)(H,38,40,41). The van der Waals surface area contributed by atoms with Crippen LogP contribution < -0.4 is 15.5 Å². The summed E-state index contributed by atoms with van der Waals surface area (Å²) in [7, 11) is 0. The maximum Gasteiger partial charge on any atom is 0.257 e. The number of halogens is 1. The summed E-state index contributed by atoms with van der Waals surface area (Å²) < 4.78 is 2.02. The Kier molecular flexibility index (Phi) is 8.33. The van der Waals surface area contributed by atoms with E-state index in [1.807, 2.05) is 59.1 Å². The monoisotopic (exact) mass is 628 g/mol. The smallest absolute Gasteiger partial charge is 0.257 e. The maximum atomic E-state index is 13.0. The van der Waals surface area contributed by atoms with Gasteiger partial charge >= 0.3 is 0 Å². The number of piperazine rings is 1. The Hall–Kier alpha value is -5.25. The number of carbonyl (C=O) groups excluding carboxylic acids is 1. The van der Waals surface area contributed by atoms with Gasteiger partial charge in [-0.3, -0.25) is 9.20 Å². The molecule has 0 bridgehead atoms. The fourth-order valence-electron chi connectivity index (χ4n) is 5.79. The molecule has 0 radical (unpaired) electrons. The molecule has 1 aliphatic heterocycles. The molecule has 0 aliphatic carbocycles. The fraction of sp³-hybridized carbons (Fsp3) is 0.167. The summed E-state index contributed by atoms with van der Waals surface area (Å²) in [6.07, 6.45) is 3.72. The van der Waals surface area contributed by atoms with E-state index in [1.54, 1.807) is 30.5 Å². The Balaban J connectivity index is 1.16. The minimum atomic E-state index is -0.281. The molecule has 4 heterocycles. The number of amides is 1. The molecule has 0 spiro atoms. The largest absolute Gasteiger partial charge is 0.369 e. The van der Waals surface area contributed by atoms with Crippen LogP contribution in [0.3, 0.4) is 0 Å². The molecule has 1 fully saturated rings. The lowest BCUT2D eigenvalue weighted by Crippen LogP contribution is -2.46. The average Bonchev–Trinajstić information content (AvgIpc) is 3.49. The SMILES string of the molecule is CCN1CCN(c2ccc(Nc3nccc(-c4c(-c5cccc(NC(=O)c6ccccc6Cl)c5)nc5ccccn45)n3)cc2)CC1. The van der Waals surface area contributed by atoms with Crippen molar-refractivity contribution < 1.29 is 4.79 Å². The van der Waals surface area contributed by atoms with Gasteiger partial charge in [-0.2, -0.15) is 0 Å². The van der Waals surface area contributed by atoms with Gasteiger partial charge in [0.05, 0.1) is 27.7 Å². The fourth-order valence-corrected chi connectivity index (χ4v) is 6.01. The van der Waals surface area contributed by atoms with E-state index in [0.29, 0.717) is 27.9 Å². The number of fused-ring (bicyclic) bond motifs is 1. The number of benzene rings is 3. The topological polar surface area (TPSA) is 90.7 Å². The number of likely N-dealkylation sites (N-methyl/N-ethyl adjacent to an activating group) is 1. The van der Waals surface area contributed by atoms with E-state index in [-0.39, 0.29) is 5.91 Å². The third kappa shape index (κ3) is 6.15. The first-order chi connectivity index (χ1) is 22.6. The molecule has 1 amide bonds. The lowest BCUT2D eigenvalue weighted by molar-refractivity contribution is 0.102. The maximum absolute atomic E-state index is 13.0. The van der Waals surface area contributed by atoms with Gasteiger partial charge in [-0.25, -0.2) is 15.0 Å². The molecule has 9 nitrogen and oxygen atoms in total. The number of pyridine rings is 1. The van der Waals surface area contributed by atoms with Gasteiger partial charge < -0.3 is 20.4 Å². The summed E-state index contributed by atoms with van der Waals surface area (Å²) in [5.74, 6) is 0.205. The summed E-state index contributed by atoms with van der Waals surface area (Å²) in [5.41, 5.74) is 7.04. The lowest BCUT2D eigenvalue weighted by Gasteiger charge is -2.35. The van der Waals surface area contributed by atoms with E-state index in [9.17, 15) is 4.79 Å². The Morgan fingerprint density at radius 2 is 1.65 bits per heavy atom. The van der Waals surface area contributed by atoms with Crippen LogP contribution in [0.1, 0.15) is 17.3 Å². The number of anilines is 4. The van der Waals surface area contributed by atoms with Crippen molar-refractivity contribution >= 4 is 46.2 Å². The van der Waals surface area contributed by atoms with E-state index >= 15 is 0 Å². The third-order valence-electron chi connectivity index (χ3n) is 8.25. The molecule has 2 N–H and O–H groups in total. The quantitative estimate of drug-likeness (QED) is 0.183. The lowest BCUT2D eigenvalue weighted by atomic mass is 10.1. The zero-order chi connectivity index (χ0) is 31.5. The van der Waals surface area contributed by atoms with E-state index in [2.05, 4.69) is 56.6 Å². The van der Waals surface area contributed by atoms with Crippen molar-refractivity contribution in [3.05, 3.63) is 120 Å². The molecule has 1 aliphatic rings. The van der Waals surface area contributed by atoms with Crippen LogP contribution in [0.4, 0.5) is 23.0 Å². The first kappa shape index (κ1) is 29.5. The second-order valence-corrected chi connectivity index (χ2v) is 11.5. The molecule has 3 aromatic carbocycles. The van der Waals surface area contributed by atoms with Crippen LogP contribution in [-0.4, -0.2) is 62.9 Å². The molecular weight excluding hydrogens is 596 g/mol. The number of imidazole rings is 1. The normalized spacial score (nSPS) is 13.6. The Labute approximate surface area is 272 Å². The molecule has 1 saturated heterocycles. The number of aromatic nitrogens is 4. The second kappa shape index (κ2) is 13.0. The molecular formula is C36H33ClN8O. The van der Waals surface area contributed by atoms with Gasteiger partial charge in [-0.15, -0.1) is 0 Å². The van der Waals surface area contributed by atoms with Gasteiger partial charge in [0.2, 0.25) is 5.95 Å². The number of carbonyl (C=O) groups is 1. The van der Waals surface area contributed by atoms with E-state index in [1.165, 1.54) is 5.69 Å². The molecule has 0 unspecified atom stereocenters. The molecule has 0 saturated carbocycles. The van der Waals surface area contributed by atoms with Crippen molar-refractivity contribution in [3.8, 4) is 22.6 Å². The second-order valence-electron chi connectivity index (χ2n) is 11.1. The predicted molar refractivity (Wildman–Crippen MR) is 185 cm³/mol. The zero-order valence-corrected chi connectivity index (χ0v) is 26.2. The van der Waals surface area contributed by atoms with Gasteiger partial charge in [-0.05, 0) is 73.3 Å².